The molecule has 1 atom stereocenters. The topological polar surface area (TPSA) is 82.1 Å². The van der Waals surface area contributed by atoms with Crippen LogP contribution in [0, 0.1) is 6.92 Å². The fourth-order valence-electron chi connectivity index (χ4n) is 4.22. The van der Waals surface area contributed by atoms with Crippen molar-refractivity contribution in [2.24, 2.45) is 0 Å². The molecule has 1 amide bonds. The maximum absolute atomic E-state index is 11.7. The highest BCUT2D eigenvalue weighted by atomic mass is 16.4. The summed E-state index contributed by atoms with van der Waals surface area (Å²) in [5.41, 5.74) is 5.64. The van der Waals surface area contributed by atoms with E-state index in [0.717, 1.165) is 57.2 Å². The highest BCUT2D eigenvalue weighted by Crippen LogP contribution is 2.37. The summed E-state index contributed by atoms with van der Waals surface area (Å²) in [7, 11) is 0. The van der Waals surface area contributed by atoms with E-state index in [1.54, 1.807) is 4.90 Å². The second kappa shape index (κ2) is 6.34. The van der Waals surface area contributed by atoms with E-state index in [-0.39, 0.29) is 6.04 Å². The number of carbonyl (C=O) groups is 1. The van der Waals surface area contributed by atoms with E-state index < -0.39 is 6.09 Å². The minimum atomic E-state index is -0.865. The van der Waals surface area contributed by atoms with Crippen LogP contribution < -0.4 is 0 Å². The molecule has 1 fully saturated rings. The van der Waals surface area contributed by atoms with Crippen molar-refractivity contribution in [3.63, 3.8) is 0 Å². The second-order valence-electron chi connectivity index (χ2n) is 7.34. The molecule has 1 unspecified atom stereocenters. The monoisotopic (exact) mass is 372 g/mol. The molecule has 1 aromatic carbocycles. The molecule has 0 saturated carbocycles. The predicted molar refractivity (Wildman–Crippen MR) is 108 cm³/mol. The number of aromatic amines is 1. The van der Waals surface area contributed by atoms with Crippen LogP contribution >= 0.6 is 0 Å². The van der Waals surface area contributed by atoms with Gasteiger partial charge in [-0.15, -0.1) is 0 Å². The van der Waals surface area contributed by atoms with E-state index in [0.29, 0.717) is 6.54 Å². The lowest BCUT2D eigenvalue weighted by molar-refractivity contribution is 0.140. The van der Waals surface area contributed by atoms with Gasteiger partial charge in [0.25, 0.3) is 0 Å². The Kier molecular flexibility index (Phi) is 3.79. The number of amides is 1. The third-order valence-corrected chi connectivity index (χ3v) is 5.64. The number of fused-ring (bicyclic) bond motifs is 2. The minimum Gasteiger partial charge on any atom is -0.465 e. The van der Waals surface area contributed by atoms with Gasteiger partial charge in [-0.3, -0.25) is 0 Å². The Labute approximate surface area is 161 Å². The molecule has 6 nitrogen and oxygen atoms in total. The maximum atomic E-state index is 11.7. The number of rotatable bonds is 2. The molecule has 0 spiro atoms. The number of nitrogens with one attached hydrogen (secondary N) is 1. The number of H-pyrrole nitrogens is 1. The Hall–Kier alpha value is -3.41. The number of aryl methyl sites for hydroxylation is 1. The van der Waals surface area contributed by atoms with Gasteiger partial charge in [0.15, 0.2) is 0 Å². The molecule has 140 valence electrons. The lowest BCUT2D eigenvalue weighted by Crippen LogP contribution is -2.29. The number of likely N-dealkylation sites (tertiary alicyclic amines) is 1. The van der Waals surface area contributed by atoms with Gasteiger partial charge in [0, 0.05) is 35.3 Å². The summed E-state index contributed by atoms with van der Waals surface area (Å²) in [4.78, 5) is 25.8. The van der Waals surface area contributed by atoms with E-state index in [4.69, 9.17) is 4.98 Å². The lowest BCUT2D eigenvalue weighted by atomic mass is 9.97. The summed E-state index contributed by atoms with van der Waals surface area (Å²) in [6.07, 6.45) is 4.61. The van der Waals surface area contributed by atoms with E-state index in [1.165, 1.54) is 0 Å². The van der Waals surface area contributed by atoms with Crippen LogP contribution in [0.3, 0.4) is 0 Å². The van der Waals surface area contributed by atoms with Gasteiger partial charge in [0.2, 0.25) is 0 Å². The van der Waals surface area contributed by atoms with Crippen molar-refractivity contribution in [3.8, 4) is 11.3 Å². The number of pyridine rings is 2. The fourth-order valence-corrected chi connectivity index (χ4v) is 4.22. The third kappa shape index (κ3) is 2.60. The first-order valence-corrected chi connectivity index (χ1v) is 9.45. The van der Waals surface area contributed by atoms with Crippen LogP contribution in [0.1, 0.15) is 30.0 Å². The van der Waals surface area contributed by atoms with Crippen molar-refractivity contribution in [2.45, 2.75) is 25.8 Å². The minimum absolute atomic E-state index is 0.144. The van der Waals surface area contributed by atoms with Gasteiger partial charge < -0.3 is 15.0 Å². The number of hydrogen-bond acceptors (Lipinski definition) is 3. The Balaban J connectivity index is 1.71. The Morgan fingerprint density at radius 2 is 2.11 bits per heavy atom. The summed E-state index contributed by atoms with van der Waals surface area (Å²) in [6.45, 7) is 2.62. The molecule has 4 heterocycles. The molecule has 4 aromatic rings. The zero-order valence-electron chi connectivity index (χ0n) is 15.5. The van der Waals surface area contributed by atoms with Crippen LogP contribution in [0.2, 0.25) is 0 Å². The summed E-state index contributed by atoms with van der Waals surface area (Å²) in [5, 5.41) is 11.7. The van der Waals surface area contributed by atoms with Crippen molar-refractivity contribution in [1.29, 1.82) is 0 Å². The van der Waals surface area contributed by atoms with Gasteiger partial charge in [0.1, 0.15) is 5.65 Å². The molecule has 6 heteroatoms. The van der Waals surface area contributed by atoms with Crippen molar-refractivity contribution in [3.05, 3.63) is 59.9 Å². The normalized spacial score (nSPS) is 16.9. The van der Waals surface area contributed by atoms with Gasteiger partial charge >= 0.3 is 6.09 Å². The number of hydrogen-bond donors (Lipinski definition) is 2. The summed E-state index contributed by atoms with van der Waals surface area (Å²) >= 11 is 0. The molecule has 0 aliphatic carbocycles. The van der Waals surface area contributed by atoms with E-state index in [2.05, 4.69) is 16.0 Å². The summed E-state index contributed by atoms with van der Waals surface area (Å²) < 4.78 is 0. The first kappa shape index (κ1) is 16.7. The average molecular weight is 372 g/mol. The first-order chi connectivity index (χ1) is 13.6. The lowest BCUT2D eigenvalue weighted by Gasteiger charge is -2.23. The smallest absolute Gasteiger partial charge is 0.407 e. The first-order valence-electron chi connectivity index (χ1n) is 9.45. The quantitative estimate of drug-likeness (QED) is 0.524. The van der Waals surface area contributed by atoms with Gasteiger partial charge in [-0.2, -0.15) is 0 Å². The molecular weight excluding hydrogens is 352 g/mol. The van der Waals surface area contributed by atoms with Crippen LogP contribution in [-0.2, 0) is 0 Å². The number of benzene rings is 1. The van der Waals surface area contributed by atoms with Crippen molar-refractivity contribution in [2.75, 3.05) is 6.54 Å². The van der Waals surface area contributed by atoms with Gasteiger partial charge in [-0.1, -0.05) is 18.2 Å². The molecule has 0 bridgehead atoms. The van der Waals surface area contributed by atoms with E-state index >= 15 is 0 Å². The van der Waals surface area contributed by atoms with E-state index in [1.807, 2.05) is 49.6 Å². The van der Waals surface area contributed by atoms with Gasteiger partial charge in [-0.25, -0.2) is 14.8 Å². The van der Waals surface area contributed by atoms with Crippen LogP contribution in [0.15, 0.2) is 48.8 Å². The number of aromatic nitrogens is 3. The molecule has 28 heavy (non-hydrogen) atoms. The van der Waals surface area contributed by atoms with Crippen LogP contribution in [0.5, 0.6) is 0 Å². The molecule has 2 N–H and O–H groups in total. The Morgan fingerprint density at radius 1 is 1.25 bits per heavy atom. The van der Waals surface area contributed by atoms with Crippen molar-refractivity contribution in [1.82, 2.24) is 19.9 Å². The fraction of sp³-hybridized carbons (Fsp3) is 0.227. The number of para-hydroxylation sites is 1. The molecule has 0 radical (unpaired) electrons. The second-order valence-corrected chi connectivity index (χ2v) is 7.34. The molecular formula is C22H20N4O2. The number of carboxylic acid groups (broad SMARTS) is 1. The zero-order chi connectivity index (χ0) is 19.3. The zero-order valence-corrected chi connectivity index (χ0v) is 15.5. The van der Waals surface area contributed by atoms with Crippen molar-refractivity contribution >= 4 is 28.0 Å². The summed E-state index contributed by atoms with van der Waals surface area (Å²) in [6, 6.07) is 11.9. The highest BCUT2D eigenvalue weighted by molar-refractivity contribution is 5.88. The molecule has 1 saturated heterocycles. The Morgan fingerprint density at radius 3 is 2.96 bits per heavy atom. The molecule has 1 aliphatic heterocycles. The summed E-state index contributed by atoms with van der Waals surface area (Å²) in [5.74, 6) is 0. The van der Waals surface area contributed by atoms with E-state index in [9.17, 15) is 9.90 Å². The van der Waals surface area contributed by atoms with Gasteiger partial charge in [0.05, 0.1) is 17.3 Å². The Bertz CT molecular complexity index is 1210. The molecule has 1 aliphatic rings. The van der Waals surface area contributed by atoms with Crippen molar-refractivity contribution < 1.29 is 9.90 Å². The SMILES string of the molecule is Cc1c[nH]c2ncc(-c3cc(C4CCCN4C(=O)O)c4ccccc4n3)cc12. The maximum Gasteiger partial charge on any atom is 0.407 e. The third-order valence-electron chi connectivity index (χ3n) is 5.64. The van der Waals surface area contributed by atoms with Crippen LogP contribution in [0.25, 0.3) is 33.2 Å². The van der Waals surface area contributed by atoms with Gasteiger partial charge in [-0.05, 0) is 49.1 Å². The predicted octanol–water partition coefficient (Wildman–Crippen LogP) is 4.90. The van der Waals surface area contributed by atoms with Crippen LogP contribution in [0.4, 0.5) is 4.79 Å². The molecule has 5 rings (SSSR count). The van der Waals surface area contributed by atoms with Crippen LogP contribution in [-0.4, -0.2) is 37.6 Å². The largest absolute Gasteiger partial charge is 0.465 e. The number of nitrogens with zero attached hydrogens (tertiary/aromatic N) is 3. The molecule has 3 aromatic heterocycles. The highest BCUT2D eigenvalue weighted by Gasteiger charge is 2.31. The standard InChI is InChI=1S/C22H20N4O2/c1-13-11-23-21-16(13)9-14(12-24-21)19-10-17(15-5-2-3-6-18(15)25-19)20-7-4-8-26(20)22(27)28/h2-3,5-6,9-12,20H,4,7-8H2,1H3,(H,23,24)(H,27,28). The average Bonchev–Trinajstić information content (AvgIpc) is 3.34.